The van der Waals surface area contributed by atoms with Crippen LogP contribution in [0.3, 0.4) is 0 Å². The first-order valence-electron chi connectivity index (χ1n) is 6.42. The molecule has 1 heterocycles. The van der Waals surface area contributed by atoms with E-state index in [0.29, 0.717) is 5.92 Å². The lowest BCUT2D eigenvalue weighted by Crippen LogP contribution is -2.49. The number of ether oxygens (including phenoxy) is 1. The van der Waals surface area contributed by atoms with Crippen molar-refractivity contribution in [1.29, 1.82) is 0 Å². The molecule has 2 bridgehead atoms. The maximum atomic E-state index is 12.2. The van der Waals surface area contributed by atoms with Gasteiger partial charge in [0, 0.05) is 5.92 Å². The number of esters is 1. The van der Waals surface area contributed by atoms with E-state index in [1.54, 1.807) is 0 Å². The Labute approximate surface area is 96.2 Å². The van der Waals surface area contributed by atoms with Crippen molar-refractivity contribution in [1.82, 2.24) is 0 Å². The third-order valence-electron chi connectivity index (χ3n) is 5.25. The van der Waals surface area contributed by atoms with Gasteiger partial charge in [-0.1, -0.05) is 6.92 Å². The van der Waals surface area contributed by atoms with Crippen molar-refractivity contribution in [2.24, 2.45) is 17.3 Å². The lowest BCUT2D eigenvalue weighted by Gasteiger charge is -2.41. The van der Waals surface area contributed by atoms with Gasteiger partial charge in [0.15, 0.2) is 0 Å². The number of carbonyl (C=O) groups is 1. The molecule has 4 atom stereocenters. The van der Waals surface area contributed by atoms with Gasteiger partial charge < -0.3 is 9.84 Å². The topological polar surface area (TPSA) is 46.5 Å². The first-order chi connectivity index (χ1) is 7.51. The van der Waals surface area contributed by atoms with Gasteiger partial charge in [-0.2, -0.15) is 0 Å². The van der Waals surface area contributed by atoms with E-state index >= 15 is 0 Å². The average Bonchev–Trinajstić information content (AvgIpc) is 3.02. The predicted molar refractivity (Wildman–Crippen MR) is 58.7 cm³/mol. The van der Waals surface area contributed by atoms with Gasteiger partial charge in [-0.3, -0.25) is 4.79 Å². The van der Waals surface area contributed by atoms with Crippen LogP contribution in [0, 0.1) is 17.3 Å². The average molecular weight is 224 g/mol. The summed E-state index contributed by atoms with van der Waals surface area (Å²) < 4.78 is 5.59. The zero-order chi connectivity index (χ0) is 11.6. The molecule has 2 saturated carbocycles. The highest BCUT2D eigenvalue weighted by atomic mass is 16.6. The number of hydrogen-bond acceptors (Lipinski definition) is 3. The summed E-state index contributed by atoms with van der Waals surface area (Å²) in [6, 6.07) is 0. The molecular formula is C13H20O3. The van der Waals surface area contributed by atoms with E-state index in [2.05, 4.69) is 6.92 Å². The van der Waals surface area contributed by atoms with Gasteiger partial charge in [0.25, 0.3) is 0 Å². The molecule has 1 N–H and O–H groups in total. The molecule has 3 fully saturated rings. The fraction of sp³-hybridized carbons (Fsp3) is 0.923. The third kappa shape index (κ3) is 1.10. The highest BCUT2D eigenvalue weighted by Crippen LogP contribution is 2.59. The number of aliphatic hydroxyl groups is 1. The third-order valence-corrected chi connectivity index (χ3v) is 5.25. The number of carbonyl (C=O) groups excluding carboxylic acids is 1. The van der Waals surface area contributed by atoms with E-state index in [4.69, 9.17) is 4.74 Å². The largest absolute Gasteiger partial charge is 0.459 e. The summed E-state index contributed by atoms with van der Waals surface area (Å²) in [4.78, 5) is 12.2. The second kappa shape index (κ2) is 3.00. The van der Waals surface area contributed by atoms with Crippen LogP contribution in [0.2, 0.25) is 0 Å². The monoisotopic (exact) mass is 224 g/mol. The first kappa shape index (κ1) is 10.6. The molecule has 3 heteroatoms. The SMILES string of the molecule is C[C@@H]1[C@@]2(C(O)C3CC3)CCC[C@]1(C)OC2=O. The van der Waals surface area contributed by atoms with E-state index < -0.39 is 11.5 Å². The zero-order valence-corrected chi connectivity index (χ0v) is 10.0. The summed E-state index contributed by atoms with van der Waals surface area (Å²) in [5.41, 5.74) is -0.917. The molecule has 0 aromatic heterocycles. The molecule has 2 aliphatic carbocycles. The van der Waals surface area contributed by atoms with Gasteiger partial charge in [0.2, 0.25) is 0 Å². The number of aliphatic hydroxyl groups excluding tert-OH is 1. The van der Waals surface area contributed by atoms with Gasteiger partial charge in [-0.05, 0) is 44.9 Å². The van der Waals surface area contributed by atoms with Gasteiger partial charge in [-0.15, -0.1) is 0 Å². The lowest BCUT2D eigenvalue weighted by atomic mass is 9.60. The van der Waals surface area contributed by atoms with Crippen LogP contribution < -0.4 is 0 Å². The van der Waals surface area contributed by atoms with Crippen LogP contribution in [0.15, 0.2) is 0 Å². The second-order valence-corrected chi connectivity index (χ2v) is 6.10. The van der Waals surface area contributed by atoms with E-state index in [9.17, 15) is 9.90 Å². The minimum absolute atomic E-state index is 0.139. The lowest BCUT2D eigenvalue weighted by molar-refractivity contribution is -0.156. The molecular weight excluding hydrogens is 204 g/mol. The molecule has 1 unspecified atom stereocenters. The quantitative estimate of drug-likeness (QED) is 0.728. The number of rotatable bonds is 2. The van der Waals surface area contributed by atoms with Gasteiger partial charge in [-0.25, -0.2) is 0 Å². The molecule has 90 valence electrons. The van der Waals surface area contributed by atoms with Crippen LogP contribution in [-0.4, -0.2) is 22.8 Å². The second-order valence-electron chi connectivity index (χ2n) is 6.10. The van der Waals surface area contributed by atoms with Crippen LogP contribution >= 0.6 is 0 Å². The van der Waals surface area contributed by atoms with Crippen LogP contribution in [0.25, 0.3) is 0 Å². The highest BCUT2D eigenvalue weighted by molar-refractivity contribution is 5.81. The Hall–Kier alpha value is -0.570. The summed E-state index contributed by atoms with van der Waals surface area (Å²) in [5.74, 6) is 0.353. The van der Waals surface area contributed by atoms with Crippen molar-refractivity contribution < 1.29 is 14.6 Å². The molecule has 3 nitrogen and oxygen atoms in total. The molecule has 0 aromatic carbocycles. The summed E-state index contributed by atoms with van der Waals surface area (Å²) >= 11 is 0. The Kier molecular flexibility index (Phi) is 1.99. The van der Waals surface area contributed by atoms with Gasteiger partial charge >= 0.3 is 5.97 Å². The molecule has 0 radical (unpaired) electrons. The minimum atomic E-state index is -0.589. The maximum absolute atomic E-state index is 12.2. The van der Waals surface area contributed by atoms with Crippen molar-refractivity contribution in [3.63, 3.8) is 0 Å². The van der Waals surface area contributed by atoms with Crippen molar-refractivity contribution in [2.45, 2.75) is 57.7 Å². The molecule has 0 amide bonds. The summed E-state index contributed by atoms with van der Waals surface area (Å²) in [7, 11) is 0. The fourth-order valence-corrected chi connectivity index (χ4v) is 3.79. The van der Waals surface area contributed by atoms with Crippen molar-refractivity contribution >= 4 is 5.97 Å². The fourth-order valence-electron chi connectivity index (χ4n) is 3.79. The molecule has 1 saturated heterocycles. The predicted octanol–water partition coefficient (Wildman–Crippen LogP) is 1.88. The number of hydrogen-bond donors (Lipinski definition) is 1. The molecule has 0 spiro atoms. The van der Waals surface area contributed by atoms with Crippen molar-refractivity contribution in [3.05, 3.63) is 0 Å². The zero-order valence-electron chi connectivity index (χ0n) is 10.0. The smallest absolute Gasteiger partial charge is 0.315 e. The molecule has 16 heavy (non-hydrogen) atoms. The standard InChI is InChI=1S/C13H20O3/c1-8-12(2)6-3-7-13(8,11(15)16-12)10(14)9-4-5-9/h8-10,14H,3-7H2,1-2H3/t8-,10?,12-,13+/m0/s1. The van der Waals surface area contributed by atoms with Crippen LogP contribution in [-0.2, 0) is 9.53 Å². The minimum Gasteiger partial charge on any atom is -0.459 e. The summed E-state index contributed by atoms with van der Waals surface area (Å²) in [6.07, 6.45) is 4.41. The van der Waals surface area contributed by atoms with Crippen molar-refractivity contribution in [3.8, 4) is 0 Å². The number of fused-ring (bicyclic) bond motifs is 2. The van der Waals surface area contributed by atoms with Crippen LogP contribution in [0.4, 0.5) is 0 Å². The molecule has 3 rings (SSSR count). The molecule has 0 aromatic rings. The summed E-state index contributed by atoms with van der Waals surface area (Å²) in [6.45, 7) is 4.10. The Morgan fingerprint density at radius 2 is 2.12 bits per heavy atom. The van der Waals surface area contributed by atoms with Crippen LogP contribution in [0.1, 0.15) is 46.0 Å². The Morgan fingerprint density at radius 1 is 1.44 bits per heavy atom. The van der Waals surface area contributed by atoms with Crippen molar-refractivity contribution in [2.75, 3.05) is 0 Å². The van der Waals surface area contributed by atoms with Gasteiger partial charge in [0.05, 0.1) is 6.10 Å². The Balaban J connectivity index is 2.00. The van der Waals surface area contributed by atoms with Crippen LogP contribution in [0.5, 0.6) is 0 Å². The van der Waals surface area contributed by atoms with E-state index in [1.807, 2.05) is 6.92 Å². The summed E-state index contributed by atoms with van der Waals surface area (Å²) in [5, 5.41) is 10.4. The molecule has 3 aliphatic rings. The first-order valence-corrected chi connectivity index (χ1v) is 6.42. The highest BCUT2D eigenvalue weighted by Gasteiger charge is 2.67. The maximum Gasteiger partial charge on any atom is 0.315 e. The van der Waals surface area contributed by atoms with E-state index in [1.165, 1.54) is 0 Å². The Morgan fingerprint density at radius 3 is 2.75 bits per heavy atom. The van der Waals surface area contributed by atoms with Gasteiger partial charge in [0.1, 0.15) is 11.0 Å². The molecule has 1 aliphatic heterocycles. The normalized spacial score (nSPS) is 48.9. The van der Waals surface area contributed by atoms with E-state index in [0.717, 1.165) is 32.1 Å². The van der Waals surface area contributed by atoms with E-state index in [-0.39, 0.29) is 17.5 Å². The Bertz CT molecular complexity index is 336.